The van der Waals surface area contributed by atoms with E-state index in [4.69, 9.17) is 4.42 Å². The summed E-state index contributed by atoms with van der Waals surface area (Å²) in [5.74, 6) is 0.603. The standard InChI is InChI=1S/C13H15N3O/c1-3-7-11(8-4-1)12-14-15-13(17-12)16-9-5-2-6-10-16/h1,3-4,7-8H,2,5-6,9-10H2. The SMILES string of the molecule is c1ccc(-c2nnc(N3CCCCC3)o2)cc1. The number of aromatic nitrogens is 2. The summed E-state index contributed by atoms with van der Waals surface area (Å²) >= 11 is 0. The van der Waals surface area contributed by atoms with E-state index >= 15 is 0 Å². The Labute approximate surface area is 100 Å². The van der Waals surface area contributed by atoms with Crippen molar-refractivity contribution in [3.05, 3.63) is 30.3 Å². The van der Waals surface area contributed by atoms with Crippen LogP contribution in [0.15, 0.2) is 34.7 Å². The van der Waals surface area contributed by atoms with E-state index in [1.165, 1.54) is 19.3 Å². The molecular formula is C13H15N3O. The fourth-order valence-corrected chi connectivity index (χ4v) is 2.13. The third-order valence-electron chi connectivity index (χ3n) is 3.06. The molecule has 0 N–H and O–H groups in total. The maximum Gasteiger partial charge on any atom is 0.318 e. The maximum atomic E-state index is 5.71. The highest BCUT2D eigenvalue weighted by Crippen LogP contribution is 2.23. The zero-order valence-electron chi connectivity index (χ0n) is 9.67. The molecule has 2 heterocycles. The van der Waals surface area contributed by atoms with Crippen LogP contribution in [-0.2, 0) is 0 Å². The average Bonchev–Trinajstić information content (AvgIpc) is 2.90. The highest BCUT2D eigenvalue weighted by atomic mass is 16.4. The molecule has 1 fully saturated rings. The Bertz CT molecular complexity index is 474. The van der Waals surface area contributed by atoms with Gasteiger partial charge in [0.15, 0.2) is 0 Å². The Kier molecular flexibility index (Phi) is 2.78. The van der Waals surface area contributed by atoms with Crippen molar-refractivity contribution in [2.75, 3.05) is 18.0 Å². The van der Waals surface area contributed by atoms with E-state index in [-0.39, 0.29) is 0 Å². The van der Waals surface area contributed by atoms with Crippen molar-refractivity contribution in [2.24, 2.45) is 0 Å². The van der Waals surface area contributed by atoms with Crippen molar-refractivity contribution >= 4 is 6.01 Å². The van der Waals surface area contributed by atoms with E-state index in [0.717, 1.165) is 18.7 Å². The van der Waals surface area contributed by atoms with Crippen LogP contribution in [0.3, 0.4) is 0 Å². The molecule has 0 aliphatic carbocycles. The molecule has 0 amide bonds. The lowest BCUT2D eigenvalue weighted by Crippen LogP contribution is -2.29. The quantitative estimate of drug-likeness (QED) is 0.794. The van der Waals surface area contributed by atoms with Crippen LogP contribution in [0, 0.1) is 0 Å². The van der Waals surface area contributed by atoms with Gasteiger partial charge < -0.3 is 9.32 Å². The Balaban J connectivity index is 1.83. The molecule has 2 aromatic rings. The molecule has 0 saturated carbocycles. The molecular weight excluding hydrogens is 214 g/mol. The van der Waals surface area contributed by atoms with Crippen molar-refractivity contribution in [1.82, 2.24) is 10.2 Å². The van der Waals surface area contributed by atoms with Crippen molar-refractivity contribution in [3.8, 4) is 11.5 Å². The predicted octanol–water partition coefficient (Wildman–Crippen LogP) is 2.73. The van der Waals surface area contributed by atoms with Gasteiger partial charge in [0.25, 0.3) is 0 Å². The summed E-state index contributed by atoms with van der Waals surface area (Å²) < 4.78 is 5.71. The summed E-state index contributed by atoms with van der Waals surface area (Å²) in [6.07, 6.45) is 3.72. The number of rotatable bonds is 2. The minimum Gasteiger partial charge on any atom is -0.403 e. The van der Waals surface area contributed by atoms with Crippen LogP contribution in [0.5, 0.6) is 0 Å². The van der Waals surface area contributed by atoms with E-state index in [1.54, 1.807) is 0 Å². The Morgan fingerprint density at radius 3 is 2.47 bits per heavy atom. The second-order valence-corrected chi connectivity index (χ2v) is 4.30. The molecule has 17 heavy (non-hydrogen) atoms. The Hall–Kier alpha value is -1.84. The van der Waals surface area contributed by atoms with Crippen LogP contribution >= 0.6 is 0 Å². The molecule has 0 atom stereocenters. The first-order chi connectivity index (χ1) is 8.43. The molecule has 4 nitrogen and oxygen atoms in total. The number of hydrogen-bond acceptors (Lipinski definition) is 4. The Morgan fingerprint density at radius 2 is 1.71 bits per heavy atom. The lowest BCUT2D eigenvalue weighted by atomic mass is 10.1. The van der Waals surface area contributed by atoms with Crippen molar-refractivity contribution in [1.29, 1.82) is 0 Å². The van der Waals surface area contributed by atoms with Gasteiger partial charge in [0.1, 0.15) is 0 Å². The molecule has 1 aromatic carbocycles. The number of hydrogen-bond donors (Lipinski definition) is 0. The third kappa shape index (κ3) is 2.16. The summed E-state index contributed by atoms with van der Waals surface area (Å²) in [5, 5.41) is 8.23. The van der Waals surface area contributed by atoms with E-state index in [2.05, 4.69) is 15.1 Å². The second kappa shape index (κ2) is 4.57. The van der Waals surface area contributed by atoms with Gasteiger partial charge in [0.05, 0.1) is 0 Å². The highest BCUT2D eigenvalue weighted by Gasteiger charge is 2.17. The first-order valence-electron chi connectivity index (χ1n) is 6.07. The summed E-state index contributed by atoms with van der Waals surface area (Å²) in [6, 6.07) is 10.5. The largest absolute Gasteiger partial charge is 0.403 e. The van der Waals surface area contributed by atoms with Crippen LogP contribution in [0.1, 0.15) is 19.3 Å². The molecule has 1 saturated heterocycles. The summed E-state index contributed by atoms with van der Waals surface area (Å²) in [4.78, 5) is 2.17. The lowest BCUT2D eigenvalue weighted by molar-refractivity contribution is 0.498. The molecule has 1 aliphatic heterocycles. The Morgan fingerprint density at radius 1 is 0.941 bits per heavy atom. The molecule has 1 aromatic heterocycles. The zero-order chi connectivity index (χ0) is 11.5. The zero-order valence-corrected chi connectivity index (χ0v) is 9.67. The monoisotopic (exact) mass is 229 g/mol. The van der Waals surface area contributed by atoms with Gasteiger partial charge >= 0.3 is 6.01 Å². The second-order valence-electron chi connectivity index (χ2n) is 4.30. The minimum atomic E-state index is 0.603. The van der Waals surface area contributed by atoms with Crippen LogP contribution < -0.4 is 4.90 Å². The minimum absolute atomic E-state index is 0.603. The first kappa shape index (κ1) is 10.3. The summed E-state index contributed by atoms with van der Waals surface area (Å²) in [7, 11) is 0. The van der Waals surface area contributed by atoms with Crippen LogP contribution in [0.25, 0.3) is 11.5 Å². The third-order valence-corrected chi connectivity index (χ3v) is 3.06. The molecule has 0 radical (unpaired) electrons. The van der Waals surface area contributed by atoms with Gasteiger partial charge in [0.2, 0.25) is 5.89 Å². The number of benzene rings is 1. The fourth-order valence-electron chi connectivity index (χ4n) is 2.13. The smallest absolute Gasteiger partial charge is 0.318 e. The number of piperidine rings is 1. The van der Waals surface area contributed by atoms with Gasteiger partial charge in [-0.05, 0) is 31.4 Å². The number of nitrogens with zero attached hydrogens (tertiary/aromatic N) is 3. The molecule has 88 valence electrons. The predicted molar refractivity (Wildman–Crippen MR) is 65.8 cm³/mol. The van der Waals surface area contributed by atoms with Crippen LogP contribution in [-0.4, -0.2) is 23.3 Å². The maximum absolute atomic E-state index is 5.71. The normalized spacial score (nSPS) is 16.1. The van der Waals surface area contributed by atoms with Crippen molar-refractivity contribution in [2.45, 2.75) is 19.3 Å². The van der Waals surface area contributed by atoms with Crippen molar-refractivity contribution in [3.63, 3.8) is 0 Å². The molecule has 1 aliphatic rings. The number of anilines is 1. The van der Waals surface area contributed by atoms with E-state index in [1.807, 2.05) is 30.3 Å². The lowest BCUT2D eigenvalue weighted by Gasteiger charge is -2.24. The van der Waals surface area contributed by atoms with Gasteiger partial charge in [-0.1, -0.05) is 23.3 Å². The topological polar surface area (TPSA) is 42.2 Å². The van der Waals surface area contributed by atoms with Gasteiger partial charge in [-0.2, -0.15) is 0 Å². The average molecular weight is 229 g/mol. The van der Waals surface area contributed by atoms with E-state index in [9.17, 15) is 0 Å². The van der Waals surface area contributed by atoms with E-state index in [0.29, 0.717) is 11.9 Å². The van der Waals surface area contributed by atoms with Gasteiger partial charge in [-0.3, -0.25) is 0 Å². The highest BCUT2D eigenvalue weighted by molar-refractivity contribution is 5.53. The molecule has 0 spiro atoms. The molecule has 4 heteroatoms. The van der Waals surface area contributed by atoms with Crippen molar-refractivity contribution < 1.29 is 4.42 Å². The van der Waals surface area contributed by atoms with Gasteiger partial charge in [-0.15, -0.1) is 5.10 Å². The van der Waals surface area contributed by atoms with E-state index < -0.39 is 0 Å². The summed E-state index contributed by atoms with van der Waals surface area (Å²) in [6.45, 7) is 2.05. The van der Waals surface area contributed by atoms with Crippen LogP contribution in [0.4, 0.5) is 6.01 Å². The first-order valence-corrected chi connectivity index (χ1v) is 6.07. The molecule has 0 bridgehead atoms. The van der Waals surface area contributed by atoms with Gasteiger partial charge in [-0.25, -0.2) is 0 Å². The van der Waals surface area contributed by atoms with Crippen LogP contribution in [0.2, 0.25) is 0 Å². The van der Waals surface area contributed by atoms with Gasteiger partial charge in [0, 0.05) is 18.7 Å². The molecule has 0 unspecified atom stereocenters. The summed E-state index contributed by atoms with van der Waals surface area (Å²) in [5.41, 5.74) is 0.975. The molecule has 3 rings (SSSR count). The fraction of sp³-hybridized carbons (Fsp3) is 0.385.